The van der Waals surface area contributed by atoms with Gasteiger partial charge in [-0.3, -0.25) is 4.79 Å². The van der Waals surface area contributed by atoms with Gasteiger partial charge in [-0.1, -0.05) is 33.6 Å². The molecule has 1 unspecified atom stereocenters. The Labute approximate surface area is 212 Å². The van der Waals surface area contributed by atoms with Crippen LogP contribution < -0.4 is 4.31 Å². The van der Waals surface area contributed by atoms with Gasteiger partial charge in [0.15, 0.2) is 0 Å². The summed E-state index contributed by atoms with van der Waals surface area (Å²) in [6.07, 6.45) is -2.93. The second-order valence-corrected chi connectivity index (χ2v) is 9.54. The molecule has 1 aliphatic rings. The highest BCUT2D eigenvalue weighted by molar-refractivity contribution is 9.10. The van der Waals surface area contributed by atoms with E-state index in [1.54, 1.807) is 37.4 Å². The highest BCUT2D eigenvalue weighted by atomic mass is 79.9. The number of urea groups is 1. The largest absolute Gasteiger partial charge is 0.465 e. The van der Waals surface area contributed by atoms with E-state index in [0.717, 1.165) is 33.6 Å². The van der Waals surface area contributed by atoms with Gasteiger partial charge in [0.2, 0.25) is 0 Å². The number of esters is 1. The average molecular weight is 579 g/mol. The van der Waals surface area contributed by atoms with Gasteiger partial charge in [-0.05, 0) is 62.2 Å². The molecule has 6 nitrogen and oxygen atoms in total. The van der Waals surface area contributed by atoms with E-state index >= 15 is 0 Å². The lowest BCUT2D eigenvalue weighted by Gasteiger charge is -2.26. The van der Waals surface area contributed by atoms with E-state index in [0.29, 0.717) is 5.69 Å². The zero-order valence-corrected chi connectivity index (χ0v) is 21.5. The Kier molecular flexibility index (Phi) is 7.89. The highest BCUT2D eigenvalue weighted by Gasteiger charge is 2.49. The lowest BCUT2D eigenvalue weighted by molar-refractivity contribution is -0.150. The van der Waals surface area contributed by atoms with Crippen LogP contribution in [0.1, 0.15) is 25.0 Å². The maximum absolute atomic E-state index is 13.3. The molecule has 182 valence electrons. The fraction of sp³-hybridized carbons (Fsp3) is 0.318. The quantitative estimate of drug-likeness (QED) is 0.296. The first-order valence-corrected chi connectivity index (χ1v) is 12.3. The minimum atomic E-state index is -4.64. The summed E-state index contributed by atoms with van der Waals surface area (Å²) in [7, 11) is 0. The molecule has 0 radical (unpaired) electrons. The van der Waals surface area contributed by atoms with Crippen molar-refractivity contribution >= 4 is 62.9 Å². The Morgan fingerprint density at radius 1 is 1.26 bits per heavy atom. The van der Waals surface area contributed by atoms with Crippen molar-refractivity contribution in [3.8, 4) is 0 Å². The van der Waals surface area contributed by atoms with Crippen molar-refractivity contribution in [3.63, 3.8) is 0 Å². The summed E-state index contributed by atoms with van der Waals surface area (Å²) < 4.78 is 46.9. The number of ether oxygens (including phenoxy) is 1. The minimum absolute atomic E-state index is 0.0826. The Hall–Kier alpha value is -2.24. The second-order valence-electron chi connectivity index (χ2n) is 7.49. The van der Waals surface area contributed by atoms with Crippen molar-refractivity contribution in [3.05, 3.63) is 63.1 Å². The molecule has 1 heterocycles. The van der Waals surface area contributed by atoms with Gasteiger partial charge >= 0.3 is 18.2 Å². The molecule has 34 heavy (non-hydrogen) atoms. The number of hydrogen-bond donors (Lipinski definition) is 0. The molecule has 12 heteroatoms. The van der Waals surface area contributed by atoms with E-state index in [-0.39, 0.29) is 24.4 Å². The Balaban J connectivity index is 2.04. The molecule has 2 aromatic carbocycles. The van der Waals surface area contributed by atoms with E-state index in [1.807, 2.05) is 0 Å². The first kappa shape index (κ1) is 26.4. The van der Waals surface area contributed by atoms with Gasteiger partial charge in [-0.25, -0.2) is 14.1 Å². The molecule has 0 fully saturated rings. The molecular formula is C22H20BrClF3N3O3S. The smallest absolute Gasteiger partial charge is 0.417 e. The molecule has 3 rings (SSSR count). The third-order valence-electron chi connectivity index (χ3n) is 5.12. The number of hydrazone groups is 1. The Bertz CT molecular complexity index is 1130. The summed E-state index contributed by atoms with van der Waals surface area (Å²) in [6.45, 7) is 3.09. The zero-order valence-electron chi connectivity index (χ0n) is 18.3. The predicted octanol–water partition coefficient (Wildman–Crippen LogP) is 6.62. The van der Waals surface area contributed by atoms with Crippen molar-refractivity contribution in [2.24, 2.45) is 10.5 Å². The summed E-state index contributed by atoms with van der Waals surface area (Å²) >= 11 is 10.4. The number of alkyl halides is 3. The summed E-state index contributed by atoms with van der Waals surface area (Å²) in [5.41, 5.74) is -1.57. The molecule has 0 aromatic heterocycles. The molecule has 0 spiro atoms. The lowest BCUT2D eigenvalue weighted by Crippen LogP contribution is -2.43. The van der Waals surface area contributed by atoms with Crippen LogP contribution in [0.4, 0.5) is 23.7 Å². The fourth-order valence-electron chi connectivity index (χ4n) is 3.45. The molecule has 1 atom stereocenters. The number of anilines is 1. The van der Waals surface area contributed by atoms with Gasteiger partial charge in [0.25, 0.3) is 0 Å². The SMILES string of the molecule is CCOC(=O)C1(C)CN(C(=O)N(SC)c2ccc(Br)cc2)N=C1c1ccc(C(F)(F)F)c(Cl)c1. The van der Waals surface area contributed by atoms with E-state index in [9.17, 15) is 22.8 Å². The number of benzene rings is 2. The van der Waals surface area contributed by atoms with Crippen LogP contribution in [0.2, 0.25) is 5.02 Å². The third kappa shape index (κ3) is 5.21. The second kappa shape index (κ2) is 10.2. The van der Waals surface area contributed by atoms with Gasteiger partial charge in [0.05, 0.1) is 35.1 Å². The Morgan fingerprint density at radius 3 is 2.44 bits per heavy atom. The maximum Gasteiger partial charge on any atom is 0.417 e. The first-order chi connectivity index (χ1) is 15.9. The van der Waals surface area contributed by atoms with E-state index < -0.39 is 34.2 Å². The topological polar surface area (TPSA) is 62.2 Å². The molecule has 0 aliphatic carbocycles. The molecular weight excluding hydrogens is 559 g/mol. The van der Waals surface area contributed by atoms with E-state index in [1.165, 1.54) is 17.3 Å². The number of rotatable bonds is 5. The zero-order chi connectivity index (χ0) is 25.3. The number of halogens is 5. The molecule has 1 aliphatic heterocycles. The molecule has 0 saturated heterocycles. The van der Waals surface area contributed by atoms with Gasteiger partial charge in [-0.15, -0.1) is 0 Å². The van der Waals surface area contributed by atoms with Crippen LogP contribution in [0, 0.1) is 5.41 Å². The first-order valence-electron chi connectivity index (χ1n) is 9.97. The number of carbonyl (C=O) groups excluding carboxylic acids is 2. The van der Waals surface area contributed by atoms with Crippen LogP contribution in [-0.2, 0) is 15.7 Å². The van der Waals surface area contributed by atoms with Crippen molar-refractivity contribution in [1.29, 1.82) is 0 Å². The van der Waals surface area contributed by atoms with Crippen LogP contribution >= 0.6 is 39.5 Å². The molecule has 0 N–H and O–H groups in total. The molecule has 2 aromatic rings. The maximum atomic E-state index is 13.3. The number of nitrogens with zero attached hydrogens (tertiary/aromatic N) is 3. The van der Waals surface area contributed by atoms with Crippen LogP contribution in [0.15, 0.2) is 52.0 Å². The van der Waals surface area contributed by atoms with Crippen LogP contribution in [-0.4, -0.2) is 42.1 Å². The number of carbonyl (C=O) groups is 2. The van der Waals surface area contributed by atoms with Gasteiger partial charge in [0.1, 0.15) is 5.41 Å². The van der Waals surface area contributed by atoms with Gasteiger partial charge < -0.3 is 4.74 Å². The van der Waals surface area contributed by atoms with Crippen LogP contribution in [0.25, 0.3) is 0 Å². The predicted molar refractivity (Wildman–Crippen MR) is 130 cm³/mol. The third-order valence-corrected chi connectivity index (χ3v) is 6.70. The standard InChI is InChI=1S/C22H20BrClF3N3O3S/c1-4-33-19(31)21(2)12-29(20(32)30(34-3)15-8-6-14(23)7-9-15)28-18(21)13-5-10-16(17(24)11-13)22(25,26)27/h5-11H,4,12H2,1-3H3. The number of hydrogen-bond acceptors (Lipinski definition) is 5. The molecule has 0 bridgehead atoms. The van der Waals surface area contributed by atoms with E-state index in [4.69, 9.17) is 16.3 Å². The van der Waals surface area contributed by atoms with Crippen molar-refractivity contribution in [2.75, 3.05) is 23.7 Å². The van der Waals surface area contributed by atoms with Crippen molar-refractivity contribution < 1.29 is 27.5 Å². The normalized spacial score (nSPS) is 18.0. The Morgan fingerprint density at radius 2 is 1.91 bits per heavy atom. The summed E-state index contributed by atoms with van der Waals surface area (Å²) in [6, 6.07) is 9.59. The van der Waals surface area contributed by atoms with Crippen molar-refractivity contribution in [2.45, 2.75) is 20.0 Å². The highest BCUT2D eigenvalue weighted by Crippen LogP contribution is 2.39. The fourth-order valence-corrected chi connectivity index (χ4v) is 4.58. The summed E-state index contributed by atoms with van der Waals surface area (Å²) in [5.74, 6) is -0.653. The van der Waals surface area contributed by atoms with Crippen LogP contribution in [0.3, 0.4) is 0 Å². The minimum Gasteiger partial charge on any atom is -0.465 e. The monoisotopic (exact) mass is 577 g/mol. The lowest BCUT2D eigenvalue weighted by atomic mass is 9.82. The van der Waals surface area contributed by atoms with Crippen LogP contribution in [0.5, 0.6) is 0 Å². The summed E-state index contributed by atoms with van der Waals surface area (Å²) in [4.78, 5) is 26.2. The summed E-state index contributed by atoms with van der Waals surface area (Å²) in [5, 5.41) is 4.92. The average Bonchev–Trinajstić information content (AvgIpc) is 3.13. The van der Waals surface area contributed by atoms with Gasteiger partial charge in [-0.2, -0.15) is 18.3 Å². The van der Waals surface area contributed by atoms with Crippen molar-refractivity contribution in [1.82, 2.24) is 5.01 Å². The van der Waals surface area contributed by atoms with E-state index in [2.05, 4.69) is 21.0 Å². The number of amides is 2. The molecule has 0 saturated carbocycles. The van der Waals surface area contributed by atoms with Gasteiger partial charge in [0, 0.05) is 16.3 Å². The molecule has 2 amide bonds.